The number of amides is 1. The average Bonchev–Trinajstić information content (AvgIpc) is 3.06. The van der Waals surface area contributed by atoms with Crippen molar-refractivity contribution in [1.29, 1.82) is 0 Å². The quantitative estimate of drug-likeness (QED) is 0.782. The zero-order valence-corrected chi connectivity index (χ0v) is 10.5. The molecule has 0 radical (unpaired) electrons. The normalized spacial score (nSPS) is 18.4. The van der Waals surface area contributed by atoms with Crippen LogP contribution >= 0.6 is 0 Å². The second-order valence-corrected chi connectivity index (χ2v) is 4.52. The van der Waals surface area contributed by atoms with Crippen molar-refractivity contribution in [2.75, 3.05) is 19.7 Å². The first-order valence-electron chi connectivity index (χ1n) is 6.28. The zero-order chi connectivity index (χ0) is 13.7. The number of aromatic nitrogens is 2. The van der Waals surface area contributed by atoms with E-state index in [0.29, 0.717) is 18.7 Å². The molecular weight excluding hydrogens is 250 g/mol. The van der Waals surface area contributed by atoms with E-state index in [2.05, 4.69) is 10.2 Å². The number of hydrogen-bond donors (Lipinski definition) is 2. The number of nitrogens with zero attached hydrogens (tertiary/aromatic N) is 2. The Labute approximate surface area is 110 Å². The number of hydrogen-bond acceptors (Lipinski definition) is 4. The summed E-state index contributed by atoms with van der Waals surface area (Å²) in [6.07, 6.45) is 4.76. The van der Waals surface area contributed by atoms with Crippen molar-refractivity contribution >= 4 is 11.9 Å². The molecule has 0 aliphatic carbocycles. The van der Waals surface area contributed by atoms with E-state index < -0.39 is 5.97 Å². The molecule has 1 aliphatic rings. The van der Waals surface area contributed by atoms with Crippen LogP contribution in [0.25, 0.3) is 0 Å². The molecule has 1 amide bonds. The van der Waals surface area contributed by atoms with Gasteiger partial charge in [-0.3, -0.25) is 14.7 Å². The Morgan fingerprint density at radius 2 is 2.42 bits per heavy atom. The van der Waals surface area contributed by atoms with Gasteiger partial charge in [-0.15, -0.1) is 0 Å². The van der Waals surface area contributed by atoms with E-state index in [-0.39, 0.29) is 25.0 Å². The van der Waals surface area contributed by atoms with E-state index >= 15 is 0 Å². The maximum absolute atomic E-state index is 12.2. The molecule has 104 valence electrons. The van der Waals surface area contributed by atoms with Gasteiger partial charge in [-0.05, 0) is 12.8 Å². The van der Waals surface area contributed by atoms with Crippen LogP contribution in [0.5, 0.6) is 0 Å². The van der Waals surface area contributed by atoms with E-state index in [1.807, 2.05) is 0 Å². The Morgan fingerprint density at radius 3 is 3.00 bits per heavy atom. The fraction of sp³-hybridized carbons (Fsp3) is 0.583. The van der Waals surface area contributed by atoms with Gasteiger partial charge in [-0.1, -0.05) is 0 Å². The molecule has 1 aromatic rings. The molecule has 19 heavy (non-hydrogen) atoms. The van der Waals surface area contributed by atoms with Crippen LogP contribution in [0.15, 0.2) is 12.4 Å². The Balaban J connectivity index is 1.99. The lowest BCUT2D eigenvalue weighted by molar-refractivity contribution is -0.137. The molecule has 2 rings (SSSR count). The molecule has 7 heteroatoms. The summed E-state index contributed by atoms with van der Waals surface area (Å²) in [5, 5.41) is 15.1. The number of rotatable bonds is 6. The van der Waals surface area contributed by atoms with Gasteiger partial charge in [-0.25, -0.2) is 0 Å². The summed E-state index contributed by atoms with van der Waals surface area (Å²) in [5.41, 5.74) is 0.434. The van der Waals surface area contributed by atoms with Gasteiger partial charge >= 0.3 is 5.97 Å². The van der Waals surface area contributed by atoms with Crippen molar-refractivity contribution in [3.63, 3.8) is 0 Å². The van der Waals surface area contributed by atoms with Crippen LogP contribution in [0, 0.1) is 0 Å². The first-order chi connectivity index (χ1) is 9.16. The van der Waals surface area contributed by atoms with Crippen molar-refractivity contribution in [2.24, 2.45) is 0 Å². The summed E-state index contributed by atoms with van der Waals surface area (Å²) in [6.45, 7) is 1.31. The van der Waals surface area contributed by atoms with Gasteiger partial charge in [0.15, 0.2) is 0 Å². The van der Waals surface area contributed by atoms with Crippen LogP contribution < -0.4 is 0 Å². The number of carbonyl (C=O) groups is 2. The van der Waals surface area contributed by atoms with Gasteiger partial charge < -0.3 is 14.7 Å². The Morgan fingerprint density at radius 1 is 1.58 bits per heavy atom. The topological polar surface area (TPSA) is 95.5 Å². The molecule has 1 saturated heterocycles. The Hall–Kier alpha value is -1.89. The van der Waals surface area contributed by atoms with Crippen molar-refractivity contribution in [3.8, 4) is 0 Å². The van der Waals surface area contributed by atoms with Crippen molar-refractivity contribution in [3.05, 3.63) is 18.0 Å². The van der Waals surface area contributed by atoms with E-state index in [4.69, 9.17) is 9.84 Å². The number of aromatic amines is 1. The highest BCUT2D eigenvalue weighted by atomic mass is 16.5. The number of H-pyrrole nitrogens is 1. The molecule has 2 heterocycles. The number of carboxylic acids is 1. The smallest absolute Gasteiger partial charge is 0.305 e. The van der Waals surface area contributed by atoms with Gasteiger partial charge in [0.25, 0.3) is 5.91 Å². The molecule has 7 nitrogen and oxygen atoms in total. The van der Waals surface area contributed by atoms with Gasteiger partial charge in [0.1, 0.15) is 0 Å². The molecule has 1 aliphatic heterocycles. The summed E-state index contributed by atoms with van der Waals surface area (Å²) in [5.74, 6) is -1.14. The third-order valence-electron chi connectivity index (χ3n) is 3.08. The summed E-state index contributed by atoms with van der Waals surface area (Å²) in [6, 6.07) is 0. The van der Waals surface area contributed by atoms with E-state index in [1.165, 1.54) is 17.3 Å². The maximum atomic E-state index is 12.2. The second-order valence-electron chi connectivity index (χ2n) is 4.52. The number of carbonyl (C=O) groups excluding carboxylic acids is 1. The third kappa shape index (κ3) is 3.78. The average molecular weight is 267 g/mol. The van der Waals surface area contributed by atoms with Gasteiger partial charge in [0, 0.05) is 25.9 Å². The molecule has 1 aromatic heterocycles. The highest BCUT2D eigenvalue weighted by Crippen LogP contribution is 2.15. The van der Waals surface area contributed by atoms with E-state index in [0.717, 1.165) is 12.8 Å². The number of ether oxygens (including phenoxy) is 1. The monoisotopic (exact) mass is 267 g/mol. The zero-order valence-electron chi connectivity index (χ0n) is 10.5. The van der Waals surface area contributed by atoms with Crippen LogP contribution in [0.3, 0.4) is 0 Å². The van der Waals surface area contributed by atoms with Crippen LogP contribution in [-0.2, 0) is 9.53 Å². The van der Waals surface area contributed by atoms with E-state index in [9.17, 15) is 9.59 Å². The number of aliphatic carboxylic acids is 1. The summed E-state index contributed by atoms with van der Waals surface area (Å²) in [4.78, 5) is 24.4. The van der Waals surface area contributed by atoms with Crippen LogP contribution in [0.4, 0.5) is 0 Å². The van der Waals surface area contributed by atoms with Crippen LogP contribution in [0.2, 0.25) is 0 Å². The maximum Gasteiger partial charge on any atom is 0.305 e. The molecule has 1 fully saturated rings. The standard InChI is InChI=1S/C12H17N3O4/c16-11(17)3-4-15(8-10-2-1-5-19-10)12(18)9-6-13-14-7-9/h6-7,10H,1-5,8H2,(H,13,14)(H,16,17). The molecule has 1 atom stereocenters. The Kier molecular flexibility index (Phi) is 4.51. The summed E-state index contributed by atoms with van der Waals surface area (Å²) >= 11 is 0. The fourth-order valence-corrected chi connectivity index (χ4v) is 2.09. The molecule has 0 spiro atoms. The minimum absolute atomic E-state index is 0.00430. The molecule has 0 bridgehead atoms. The highest BCUT2D eigenvalue weighted by molar-refractivity contribution is 5.93. The van der Waals surface area contributed by atoms with Gasteiger partial charge in [0.2, 0.25) is 0 Å². The summed E-state index contributed by atoms with van der Waals surface area (Å²) in [7, 11) is 0. The first kappa shape index (κ1) is 13.5. The van der Waals surface area contributed by atoms with E-state index in [1.54, 1.807) is 0 Å². The predicted octanol–water partition coefficient (Wildman–Crippen LogP) is 0.506. The van der Waals surface area contributed by atoms with Gasteiger partial charge in [-0.2, -0.15) is 5.10 Å². The van der Waals surface area contributed by atoms with Gasteiger partial charge in [0.05, 0.1) is 24.3 Å². The lowest BCUT2D eigenvalue weighted by Gasteiger charge is -2.24. The lowest BCUT2D eigenvalue weighted by Crippen LogP contribution is -2.38. The Bertz CT molecular complexity index is 426. The van der Waals surface area contributed by atoms with Crippen molar-refractivity contribution in [1.82, 2.24) is 15.1 Å². The molecule has 0 saturated carbocycles. The highest BCUT2D eigenvalue weighted by Gasteiger charge is 2.24. The fourth-order valence-electron chi connectivity index (χ4n) is 2.09. The van der Waals surface area contributed by atoms with Crippen LogP contribution in [0.1, 0.15) is 29.6 Å². The minimum Gasteiger partial charge on any atom is -0.481 e. The summed E-state index contributed by atoms with van der Waals surface area (Å²) < 4.78 is 5.49. The molecule has 0 aromatic carbocycles. The van der Waals surface area contributed by atoms with Crippen LogP contribution in [-0.4, -0.2) is 57.9 Å². The largest absolute Gasteiger partial charge is 0.481 e. The number of carboxylic acid groups (broad SMARTS) is 1. The molecular formula is C12H17N3O4. The molecule has 1 unspecified atom stereocenters. The molecule has 2 N–H and O–H groups in total. The van der Waals surface area contributed by atoms with Crippen molar-refractivity contribution in [2.45, 2.75) is 25.4 Å². The third-order valence-corrected chi connectivity index (χ3v) is 3.08. The number of nitrogens with one attached hydrogen (secondary N) is 1. The first-order valence-corrected chi connectivity index (χ1v) is 6.28. The SMILES string of the molecule is O=C(O)CCN(CC1CCCO1)C(=O)c1cn[nH]c1. The second kappa shape index (κ2) is 6.33. The lowest BCUT2D eigenvalue weighted by atomic mass is 10.2. The predicted molar refractivity (Wildman–Crippen MR) is 65.7 cm³/mol. The van der Waals surface area contributed by atoms with Crippen molar-refractivity contribution < 1.29 is 19.4 Å². The minimum atomic E-state index is -0.919.